The normalized spacial score (nSPS) is 88.6. The molecule has 7 rings (SSSR count). The van der Waals surface area contributed by atoms with Crippen LogP contribution in [0, 0.1) is 47.3 Å². The lowest BCUT2D eigenvalue weighted by Gasteiger charge is -2.33. The summed E-state index contributed by atoms with van der Waals surface area (Å²) < 4.78 is 5.92. The van der Waals surface area contributed by atoms with E-state index in [9.17, 15) is 0 Å². The smallest absolute Gasteiger partial charge is 0.0983 e. The molecule has 0 aromatic rings. The minimum absolute atomic E-state index is 0.505. The van der Waals surface area contributed by atoms with Gasteiger partial charge in [0.1, 0.15) is 0 Å². The highest BCUT2D eigenvalue weighted by atomic mass is 16.6. The number of rotatable bonds is 0. The SMILES string of the molecule is C1[C@@H]2[C@H]3[C@H]4C[C@H]5[C@@H]([C@@H]14)[C@@H]2C1(CO1)[C@@H]53. The van der Waals surface area contributed by atoms with Crippen molar-refractivity contribution in [1.29, 1.82) is 0 Å². The van der Waals surface area contributed by atoms with E-state index >= 15 is 0 Å². The lowest BCUT2D eigenvalue weighted by atomic mass is 9.71. The van der Waals surface area contributed by atoms with Gasteiger partial charge in [-0.3, -0.25) is 0 Å². The fraction of sp³-hybridized carbons (Fsp3) is 1.00. The van der Waals surface area contributed by atoms with Gasteiger partial charge in [0.15, 0.2) is 0 Å². The molecule has 6 aliphatic carbocycles. The zero-order valence-corrected chi connectivity index (χ0v) is 7.65. The zero-order chi connectivity index (χ0) is 7.95. The van der Waals surface area contributed by atoms with Gasteiger partial charge in [0.05, 0.1) is 12.2 Å². The molecule has 1 saturated heterocycles. The Bertz CT molecular complexity index is 315. The Balaban J connectivity index is 1.78. The Labute approximate surface area is 77.8 Å². The monoisotopic (exact) mass is 174 g/mol. The van der Waals surface area contributed by atoms with Gasteiger partial charge in [0.25, 0.3) is 0 Å². The molecule has 0 radical (unpaired) electrons. The summed E-state index contributed by atoms with van der Waals surface area (Å²) in [6.45, 7) is 1.15. The van der Waals surface area contributed by atoms with E-state index < -0.39 is 0 Å². The average Bonchev–Trinajstić information content (AvgIpc) is 2.43. The maximum absolute atomic E-state index is 5.92. The summed E-state index contributed by atoms with van der Waals surface area (Å²) in [7, 11) is 0. The van der Waals surface area contributed by atoms with E-state index in [2.05, 4.69) is 0 Å². The molecule has 6 bridgehead atoms. The maximum Gasteiger partial charge on any atom is 0.0983 e. The van der Waals surface area contributed by atoms with Crippen LogP contribution in [0.5, 0.6) is 0 Å². The quantitative estimate of drug-likeness (QED) is 0.507. The van der Waals surface area contributed by atoms with Gasteiger partial charge in [-0.2, -0.15) is 0 Å². The van der Waals surface area contributed by atoms with E-state index in [-0.39, 0.29) is 0 Å². The number of hydrogen-bond acceptors (Lipinski definition) is 1. The molecule has 1 aliphatic heterocycles. The van der Waals surface area contributed by atoms with Gasteiger partial charge in [-0.05, 0) is 60.2 Å². The topological polar surface area (TPSA) is 12.5 Å². The van der Waals surface area contributed by atoms with Crippen molar-refractivity contribution >= 4 is 0 Å². The molecule has 1 spiro atoms. The molecule has 7 fully saturated rings. The first-order valence-corrected chi connectivity index (χ1v) is 6.06. The lowest BCUT2D eigenvalue weighted by molar-refractivity contribution is 0.132. The summed E-state index contributed by atoms with van der Waals surface area (Å²) in [4.78, 5) is 0. The van der Waals surface area contributed by atoms with Gasteiger partial charge >= 0.3 is 0 Å². The van der Waals surface area contributed by atoms with Crippen LogP contribution in [-0.4, -0.2) is 12.2 Å². The fourth-order valence-corrected chi connectivity index (χ4v) is 7.29. The minimum Gasteiger partial charge on any atom is -0.369 e. The van der Waals surface area contributed by atoms with Gasteiger partial charge < -0.3 is 4.74 Å². The molecule has 9 atom stereocenters. The van der Waals surface area contributed by atoms with Crippen LogP contribution in [0.2, 0.25) is 0 Å². The average molecular weight is 174 g/mol. The standard InChI is InChI=1S/C12H14O/c1-4-5-2-7-8(4)10-6(1)9(5)11(7)12(10)3-13-12/h4-11H,1-3H2/t4-,5-,6-,7+,8+,9+,10-,11+,12?/m0/s1. The molecule has 1 heterocycles. The van der Waals surface area contributed by atoms with Crippen molar-refractivity contribution in [2.75, 3.05) is 6.61 Å². The first kappa shape index (κ1) is 5.75. The van der Waals surface area contributed by atoms with Crippen molar-refractivity contribution in [2.45, 2.75) is 18.4 Å². The summed E-state index contributed by atoms with van der Waals surface area (Å²) in [6, 6.07) is 0. The Hall–Kier alpha value is -0.0400. The molecule has 0 N–H and O–H groups in total. The van der Waals surface area contributed by atoms with Crippen molar-refractivity contribution in [3.63, 3.8) is 0 Å². The predicted octanol–water partition coefficient (Wildman–Crippen LogP) is 1.53. The van der Waals surface area contributed by atoms with E-state index in [1.807, 2.05) is 0 Å². The maximum atomic E-state index is 5.92. The van der Waals surface area contributed by atoms with E-state index in [4.69, 9.17) is 4.74 Å². The van der Waals surface area contributed by atoms with Crippen LogP contribution in [0.1, 0.15) is 12.8 Å². The molecule has 1 unspecified atom stereocenters. The molecule has 0 aromatic carbocycles. The third kappa shape index (κ3) is 0.319. The summed E-state index contributed by atoms with van der Waals surface area (Å²) in [5, 5.41) is 0. The molecule has 7 aliphatic rings. The second-order valence-electron chi connectivity index (χ2n) is 6.58. The van der Waals surface area contributed by atoms with Gasteiger partial charge in [-0.25, -0.2) is 0 Å². The first-order valence-electron chi connectivity index (χ1n) is 6.06. The lowest BCUT2D eigenvalue weighted by Crippen LogP contribution is -2.30. The first-order chi connectivity index (χ1) is 6.42. The third-order valence-corrected chi connectivity index (χ3v) is 6.97. The highest BCUT2D eigenvalue weighted by Crippen LogP contribution is 2.87. The van der Waals surface area contributed by atoms with Crippen molar-refractivity contribution in [3.05, 3.63) is 0 Å². The molecular weight excluding hydrogens is 160 g/mol. The highest BCUT2D eigenvalue weighted by molar-refractivity contribution is 5.35. The van der Waals surface area contributed by atoms with Gasteiger partial charge in [-0.15, -0.1) is 0 Å². The second-order valence-corrected chi connectivity index (χ2v) is 6.58. The summed E-state index contributed by atoms with van der Waals surface area (Å²) in [6.07, 6.45) is 3.23. The van der Waals surface area contributed by atoms with Gasteiger partial charge in [0, 0.05) is 0 Å². The van der Waals surface area contributed by atoms with Crippen LogP contribution >= 0.6 is 0 Å². The van der Waals surface area contributed by atoms with Gasteiger partial charge in [0.2, 0.25) is 0 Å². The van der Waals surface area contributed by atoms with Crippen LogP contribution in [-0.2, 0) is 4.74 Å². The summed E-state index contributed by atoms with van der Waals surface area (Å²) in [5.74, 6) is 9.11. The van der Waals surface area contributed by atoms with E-state index in [1.165, 1.54) is 11.8 Å². The molecule has 1 nitrogen and oxygen atoms in total. The molecule has 0 aromatic heterocycles. The Morgan fingerprint density at radius 3 is 1.85 bits per heavy atom. The molecule has 68 valence electrons. The molecule has 0 amide bonds. The Morgan fingerprint density at radius 2 is 1.38 bits per heavy atom. The predicted molar refractivity (Wildman–Crippen MR) is 45.8 cm³/mol. The van der Waals surface area contributed by atoms with Crippen molar-refractivity contribution in [1.82, 2.24) is 0 Å². The van der Waals surface area contributed by atoms with E-state index in [0.717, 1.165) is 42.1 Å². The minimum atomic E-state index is 0.505. The van der Waals surface area contributed by atoms with E-state index in [1.54, 1.807) is 12.8 Å². The Morgan fingerprint density at radius 1 is 0.846 bits per heavy atom. The number of ether oxygens (including phenoxy) is 1. The Kier molecular flexibility index (Phi) is 0.551. The van der Waals surface area contributed by atoms with Crippen molar-refractivity contribution in [3.8, 4) is 0 Å². The highest BCUT2D eigenvalue weighted by Gasteiger charge is 2.88. The largest absolute Gasteiger partial charge is 0.369 e. The van der Waals surface area contributed by atoms with E-state index in [0.29, 0.717) is 5.60 Å². The molecular formula is C12H14O. The number of hydrogen-bond donors (Lipinski definition) is 0. The molecule has 1 heteroatoms. The van der Waals surface area contributed by atoms with Crippen LogP contribution in [0.3, 0.4) is 0 Å². The van der Waals surface area contributed by atoms with Crippen LogP contribution in [0.15, 0.2) is 0 Å². The van der Waals surface area contributed by atoms with Crippen LogP contribution in [0.4, 0.5) is 0 Å². The van der Waals surface area contributed by atoms with Crippen molar-refractivity contribution < 1.29 is 4.74 Å². The van der Waals surface area contributed by atoms with Crippen LogP contribution < -0.4 is 0 Å². The second kappa shape index (κ2) is 1.25. The molecule has 6 saturated carbocycles. The van der Waals surface area contributed by atoms with Crippen LogP contribution in [0.25, 0.3) is 0 Å². The summed E-state index contributed by atoms with van der Waals surface area (Å²) in [5.41, 5.74) is 0.505. The molecule has 13 heavy (non-hydrogen) atoms. The number of epoxide rings is 1. The van der Waals surface area contributed by atoms with Crippen molar-refractivity contribution in [2.24, 2.45) is 47.3 Å². The fourth-order valence-electron chi connectivity index (χ4n) is 7.29. The third-order valence-electron chi connectivity index (χ3n) is 6.97. The zero-order valence-electron chi connectivity index (χ0n) is 7.65. The summed E-state index contributed by atoms with van der Waals surface area (Å²) >= 11 is 0. The van der Waals surface area contributed by atoms with Gasteiger partial charge in [-0.1, -0.05) is 0 Å².